The molecule has 2 heteroatoms. The highest BCUT2D eigenvalue weighted by Gasteiger charge is 2.44. The molecular weight excluding hydrogens is 611 g/mol. The zero-order valence-corrected chi connectivity index (χ0v) is 29.1. The van der Waals surface area contributed by atoms with Crippen LogP contribution in [0.15, 0.2) is 157 Å². The smallest absolute Gasteiger partial charge is 0.0990 e. The van der Waals surface area contributed by atoms with Crippen LogP contribution in [-0.4, -0.2) is 15.3 Å². The van der Waals surface area contributed by atoms with Gasteiger partial charge < -0.3 is 0 Å². The molecule has 1 aliphatic rings. The van der Waals surface area contributed by atoms with Gasteiger partial charge in [0.25, 0.3) is 0 Å². The first kappa shape index (κ1) is 29.9. The average Bonchev–Trinajstić information content (AvgIpc) is 3.35. The summed E-state index contributed by atoms with van der Waals surface area (Å²) < 4.78 is 0.0380. The van der Waals surface area contributed by atoms with Crippen molar-refractivity contribution in [1.82, 2.24) is 0 Å². The fourth-order valence-electron chi connectivity index (χ4n) is 7.40. The Bertz CT molecular complexity index is 2640. The molecule has 0 aliphatic carbocycles. The lowest BCUT2D eigenvalue weighted by atomic mass is 9.84. The highest BCUT2D eigenvalue weighted by Crippen LogP contribution is 2.48. The van der Waals surface area contributed by atoms with E-state index in [2.05, 4.69) is 179 Å². The van der Waals surface area contributed by atoms with E-state index in [9.17, 15) is 0 Å². The number of hydrogen-bond donors (Lipinski definition) is 0. The summed E-state index contributed by atoms with van der Waals surface area (Å²) in [5, 5.41) is 11.2. The summed E-state index contributed by atoms with van der Waals surface area (Å²) in [7, 11) is 0. The Morgan fingerprint density at radius 1 is 0.388 bits per heavy atom. The molecule has 49 heavy (non-hydrogen) atoms. The van der Waals surface area contributed by atoms with E-state index >= 15 is 0 Å². The summed E-state index contributed by atoms with van der Waals surface area (Å²) >= 11 is 1.89. The molecule has 1 heterocycles. The molecule has 9 rings (SSSR count). The SMILES string of the molecule is CC1(C)N=C(c2cccc(-c3ccc4c(-c5ccc6ccccc6c5)c5ccccc5c(-c5ccc6ccccc6c5)c4c3)c2)SC1(C)C. The molecule has 1 aliphatic heterocycles. The normalized spacial score (nSPS) is 15.3. The summed E-state index contributed by atoms with van der Waals surface area (Å²) in [6.07, 6.45) is 0. The summed E-state index contributed by atoms with van der Waals surface area (Å²) in [5.41, 5.74) is 8.50. The van der Waals surface area contributed by atoms with Gasteiger partial charge in [0.05, 0.1) is 10.6 Å². The zero-order valence-electron chi connectivity index (χ0n) is 28.3. The minimum absolute atomic E-state index is 0.0380. The predicted molar refractivity (Wildman–Crippen MR) is 215 cm³/mol. The number of thioether (sulfide) groups is 1. The molecule has 0 radical (unpaired) electrons. The Balaban J connectivity index is 1.32. The molecular formula is C47H37NS. The minimum Gasteiger partial charge on any atom is -0.270 e. The van der Waals surface area contributed by atoms with E-state index in [0.29, 0.717) is 0 Å². The Morgan fingerprint density at radius 3 is 1.47 bits per heavy atom. The summed E-state index contributed by atoms with van der Waals surface area (Å²) in [5.74, 6) is 0. The van der Waals surface area contributed by atoms with Gasteiger partial charge in [0.2, 0.25) is 0 Å². The summed E-state index contributed by atoms with van der Waals surface area (Å²) in [6, 6.07) is 56.1. The van der Waals surface area contributed by atoms with E-state index in [-0.39, 0.29) is 10.3 Å². The maximum Gasteiger partial charge on any atom is 0.0990 e. The van der Waals surface area contributed by atoms with Gasteiger partial charge in [-0.25, -0.2) is 0 Å². The molecule has 0 unspecified atom stereocenters. The first-order valence-corrected chi connectivity index (χ1v) is 17.9. The molecule has 0 bridgehead atoms. The van der Waals surface area contributed by atoms with Gasteiger partial charge in [-0.1, -0.05) is 139 Å². The third kappa shape index (κ3) is 4.97. The van der Waals surface area contributed by atoms with Crippen LogP contribution in [-0.2, 0) is 0 Å². The minimum atomic E-state index is -0.124. The number of nitrogens with zero attached hydrogens (tertiary/aromatic N) is 1. The Labute approximate surface area is 292 Å². The molecule has 8 aromatic carbocycles. The monoisotopic (exact) mass is 647 g/mol. The van der Waals surface area contributed by atoms with E-state index in [1.54, 1.807) is 0 Å². The highest BCUT2D eigenvalue weighted by atomic mass is 32.2. The van der Waals surface area contributed by atoms with Crippen LogP contribution in [0.1, 0.15) is 33.3 Å². The molecule has 0 spiro atoms. The van der Waals surface area contributed by atoms with Crippen molar-refractivity contribution in [3.8, 4) is 33.4 Å². The van der Waals surface area contributed by atoms with Crippen molar-refractivity contribution in [3.05, 3.63) is 157 Å². The first-order chi connectivity index (χ1) is 23.8. The van der Waals surface area contributed by atoms with Gasteiger partial charge in [-0.05, 0) is 128 Å². The Kier molecular flexibility index (Phi) is 6.83. The lowest BCUT2D eigenvalue weighted by Crippen LogP contribution is -2.36. The third-order valence-corrected chi connectivity index (χ3v) is 12.3. The van der Waals surface area contributed by atoms with E-state index in [0.717, 1.165) is 5.04 Å². The summed E-state index contributed by atoms with van der Waals surface area (Å²) in [6.45, 7) is 9.08. The lowest BCUT2D eigenvalue weighted by molar-refractivity contribution is 0.426. The number of aliphatic imine (C=N–C) groups is 1. The number of benzene rings is 8. The van der Waals surface area contributed by atoms with Crippen LogP contribution in [0.3, 0.4) is 0 Å². The number of hydrogen-bond acceptors (Lipinski definition) is 2. The fourth-order valence-corrected chi connectivity index (χ4v) is 8.70. The Hall–Kier alpha value is -5.18. The molecule has 0 aromatic heterocycles. The molecule has 236 valence electrons. The van der Waals surface area contributed by atoms with Crippen LogP contribution in [0.5, 0.6) is 0 Å². The molecule has 0 saturated carbocycles. The second-order valence-corrected chi connectivity index (χ2v) is 16.0. The van der Waals surface area contributed by atoms with E-state index < -0.39 is 0 Å². The van der Waals surface area contributed by atoms with Crippen molar-refractivity contribution >= 4 is 59.9 Å². The largest absolute Gasteiger partial charge is 0.270 e. The highest BCUT2D eigenvalue weighted by molar-refractivity contribution is 8.15. The topological polar surface area (TPSA) is 12.4 Å². The van der Waals surface area contributed by atoms with Crippen LogP contribution >= 0.6 is 11.8 Å². The van der Waals surface area contributed by atoms with Gasteiger partial charge in [-0.3, -0.25) is 4.99 Å². The van der Waals surface area contributed by atoms with E-state index in [1.807, 2.05) is 11.8 Å². The van der Waals surface area contributed by atoms with Crippen molar-refractivity contribution in [2.24, 2.45) is 4.99 Å². The summed E-state index contributed by atoms with van der Waals surface area (Å²) in [4.78, 5) is 5.19. The molecule has 0 amide bonds. The van der Waals surface area contributed by atoms with E-state index in [1.165, 1.54) is 82.0 Å². The second-order valence-electron chi connectivity index (χ2n) is 14.3. The van der Waals surface area contributed by atoms with Crippen LogP contribution in [0, 0.1) is 0 Å². The van der Waals surface area contributed by atoms with Crippen LogP contribution in [0.25, 0.3) is 76.5 Å². The molecule has 0 fully saturated rings. The zero-order chi connectivity index (χ0) is 33.3. The number of rotatable bonds is 4. The van der Waals surface area contributed by atoms with Crippen molar-refractivity contribution in [2.45, 2.75) is 38.0 Å². The maximum atomic E-state index is 5.19. The van der Waals surface area contributed by atoms with Gasteiger partial charge in [-0.15, -0.1) is 0 Å². The molecule has 1 nitrogen and oxygen atoms in total. The average molecular weight is 648 g/mol. The van der Waals surface area contributed by atoms with Crippen molar-refractivity contribution in [3.63, 3.8) is 0 Å². The van der Waals surface area contributed by atoms with Crippen molar-refractivity contribution in [2.75, 3.05) is 0 Å². The van der Waals surface area contributed by atoms with Crippen molar-refractivity contribution < 1.29 is 0 Å². The van der Waals surface area contributed by atoms with Gasteiger partial charge in [0, 0.05) is 10.3 Å². The first-order valence-electron chi connectivity index (χ1n) is 17.1. The fraction of sp³-hybridized carbons (Fsp3) is 0.128. The quantitative estimate of drug-likeness (QED) is 0.173. The second kappa shape index (κ2) is 11.2. The van der Waals surface area contributed by atoms with Crippen LogP contribution in [0.4, 0.5) is 0 Å². The van der Waals surface area contributed by atoms with Crippen LogP contribution < -0.4 is 0 Å². The van der Waals surface area contributed by atoms with E-state index in [4.69, 9.17) is 4.99 Å². The molecule has 8 aromatic rings. The standard InChI is InChI=1S/C47H37NS/c1-46(2)47(3,4)49-45(48-46)38-17-11-16-34(28-38)35-24-25-41-42(29-35)44(37-23-21-31-13-6-8-15-33(31)27-37)40-19-10-9-18-39(40)43(41)36-22-20-30-12-5-7-14-32(30)26-36/h5-29H,1-4H3. The van der Waals surface area contributed by atoms with Gasteiger partial charge in [-0.2, -0.15) is 0 Å². The molecule has 0 atom stereocenters. The molecule has 0 N–H and O–H groups in total. The maximum absolute atomic E-state index is 5.19. The van der Waals surface area contributed by atoms with Crippen molar-refractivity contribution in [1.29, 1.82) is 0 Å². The van der Waals surface area contributed by atoms with Gasteiger partial charge in [0.15, 0.2) is 0 Å². The van der Waals surface area contributed by atoms with Crippen LogP contribution in [0.2, 0.25) is 0 Å². The van der Waals surface area contributed by atoms with Gasteiger partial charge in [0.1, 0.15) is 0 Å². The Morgan fingerprint density at radius 2 is 0.878 bits per heavy atom. The number of fused-ring (bicyclic) bond motifs is 4. The molecule has 0 saturated heterocycles. The lowest BCUT2D eigenvalue weighted by Gasteiger charge is -2.30. The predicted octanol–water partition coefficient (Wildman–Crippen LogP) is 13.4. The third-order valence-electron chi connectivity index (χ3n) is 10.7. The van der Waals surface area contributed by atoms with Gasteiger partial charge >= 0.3 is 0 Å².